The van der Waals surface area contributed by atoms with Crippen LogP contribution in [0.15, 0.2) is 60.7 Å². The predicted octanol–water partition coefficient (Wildman–Crippen LogP) is 2.66. The number of piperazine rings is 1. The van der Waals surface area contributed by atoms with Crippen LogP contribution in [0.4, 0.5) is 0 Å². The molecule has 2 aromatic rings. The maximum absolute atomic E-state index is 12.9. The van der Waals surface area contributed by atoms with Crippen LogP contribution < -0.4 is 10.6 Å². The number of nitrogens with zero attached hydrogens (tertiary/aromatic N) is 2. The van der Waals surface area contributed by atoms with Crippen molar-refractivity contribution >= 4 is 23.6 Å². The summed E-state index contributed by atoms with van der Waals surface area (Å²) < 4.78 is 0. The second-order valence-electron chi connectivity index (χ2n) is 8.59. The smallest absolute Gasteiger partial charge is 0.227 e. The Morgan fingerprint density at radius 1 is 0.969 bits per heavy atom. The first kappa shape index (κ1) is 22.8. The summed E-state index contributed by atoms with van der Waals surface area (Å²) in [7, 11) is 0. The van der Waals surface area contributed by atoms with Gasteiger partial charge in [0.1, 0.15) is 5.50 Å². The van der Waals surface area contributed by atoms with Gasteiger partial charge in [-0.15, -0.1) is 11.8 Å². The van der Waals surface area contributed by atoms with Gasteiger partial charge < -0.3 is 10.2 Å². The first-order valence-corrected chi connectivity index (χ1v) is 12.4. The number of carbonyl (C=O) groups is 2. The third-order valence-corrected chi connectivity index (χ3v) is 7.34. The van der Waals surface area contributed by atoms with Crippen molar-refractivity contribution in [2.75, 3.05) is 26.2 Å². The molecule has 2 amide bonds. The zero-order chi connectivity index (χ0) is 22.3. The molecule has 2 N–H and O–H groups in total. The third-order valence-electron chi connectivity index (χ3n) is 6.26. The van der Waals surface area contributed by atoms with Crippen LogP contribution in [-0.4, -0.2) is 59.3 Å². The SMILES string of the molecule is CC1NC(SCc2ccccc2)NC(=O)C1CC(=O)N1CCN(Cc2ccccc2)CC1. The van der Waals surface area contributed by atoms with E-state index >= 15 is 0 Å². The van der Waals surface area contributed by atoms with Crippen LogP contribution in [0.3, 0.4) is 0 Å². The molecule has 2 fully saturated rings. The highest BCUT2D eigenvalue weighted by atomic mass is 32.2. The Balaban J connectivity index is 1.22. The van der Waals surface area contributed by atoms with Crippen molar-refractivity contribution in [3.05, 3.63) is 71.8 Å². The van der Waals surface area contributed by atoms with Crippen molar-refractivity contribution in [1.29, 1.82) is 0 Å². The number of hydrogen-bond acceptors (Lipinski definition) is 5. The topological polar surface area (TPSA) is 64.7 Å². The molecular formula is C25H32N4O2S. The van der Waals surface area contributed by atoms with Gasteiger partial charge in [-0.2, -0.15) is 0 Å². The average molecular weight is 453 g/mol. The van der Waals surface area contributed by atoms with Gasteiger partial charge in [-0.1, -0.05) is 60.7 Å². The van der Waals surface area contributed by atoms with Crippen LogP contribution in [0.2, 0.25) is 0 Å². The molecule has 2 heterocycles. The normalized spacial score (nSPS) is 24.2. The molecule has 32 heavy (non-hydrogen) atoms. The summed E-state index contributed by atoms with van der Waals surface area (Å²) in [4.78, 5) is 30.0. The zero-order valence-electron chi connectivity index (χ0n) is 18.6. The lowest BCUT2D eigenvalue weighted by Gasteiger charge is -2.38. The van der Waals surface area contributed by atoms with Crippen LogP contribution in [0.5, 0.6) is 0 Å². The fourth-order valence-electron chi connectivity index (χ4n) is 4.29. The Labute approximate surface area is 194 Å². The van der Waals surface area contributed by atoms with Crippen molar-refractivity contribution in [1.82, 2.24) is 20.4 Å². The van der Waals surface area contributed by atoms with E-state index < -0.39 is 0 Å². The maximum atomic E-state index is 12.9. The molecule has 2 aliphatic rings. The van der Waals surface area contributed by atoms with Gasteiger partial charge in [0, 0.05) is 50.9 Å². The largest absolute Gasteiger partial charge is 0.340 e. The van der Waals surface area contributed by atoms with Crippen molar-refractivity contribution in [3.8, 4) is 0 Å². The van der Waals surface area contributed by atoms with Crippen molar-refractivity contribution < 1.29 is 9.59 Å². The molecule has 2 aromatic carbocycles. The summed E-state index contributed by atoms with van der Waals surface area (Å²) >= 11 is 1.66. The number of rotatable bonds is 7. The number of hydrogen-bond donors (Lipinski definition) is 2. The lowest BCUT2D eigenvalue weighted by Crippen LogP contribution is -2.60. The molecule has 0 spiro atoms. The summed E-state index contributed by atoms with van der Waals surface area (Å²) in [6.07, 6.45) is 0.259. The van der Waals surface area contributed by atoms with E-state index in [9.17, 15) is 9.59 Å². The molecule has 3 unspecified atom stereocenters. The van der Waals surface area contributed by atoms with E-state index in [0.29, 0.717) is 0 Å². The summed E-state index contributed by atoms with van der Waals surface area (Å²) in [5, 5.41) is 6.51. The van der Waals surface area contributed by atoms with Crippen molar-refractivity contribution in [2.45, 2.75) is 37.2 Å². The first-order chi connectivity index (χ1) is 15.6. The summed E-state index contributed by atoms with van der Waals surface area (Å²) in [5.41, 5.74) is 2.39. The van der Waals surface area contributed by atoms with Gasteiger partial charge in [0.25, 0.3) is 0 Å². The summed E-state index contributed by atoms with van der Waals surface area (Å²) in [6.45, 7) is 6.09. The standard InChI is InChI=1S/C25H32N4O2S/c1-19-22(24(31)27-25(26-19)32-18-21-10-6-3-7-11-21)16-23(30)29-14-12-28(13-15-29)17-20-8-4-2-5-9-20/h2-11,19,22,25-26H,12-18H2,1H3,(H,27,31). The van der Waals surface area contributed by atoms with E-state index in [2.05, 4.69) is 51.9 Å². The molecule has 0 radical (unpaired) electrons. The molecule has 7 heteroatoms. The van der Waals surface area contributed by atoms with Gasteiger partial charge in [0.15, 0.2) is 0 Å². The van der Waals surface area contributed by atoms with Gasteiger partial charge >= 0.3 is 0 Å². The Morgan fingerprint density at radius 3 is 2.22 bits per heavy atom. The molecule has 0 bridgehead atoms. The van der Waals surface area contributed by atoms with Gasteiger partial charge in [0.05, 0.1) is 5.92 Å². The number of thioether (sulfide) groups is 1. The van der Waals surface area contributed by atoms with Gasteiger partial charge in [0.2, 0.25) is 11.8 Å². The summed E-state index contributed by atoms with van der Waals surface area (Å²) in [5.74, 6) is 0.535. The van der Waals surface area contributed by atoms with Gasteiger partial charge in [-0.25, -0.2) is 0 Å². The van der Waals surface area contributed by atoms with E-state index in [1.54, 1.807) is 11.8 Å². The predicted molar refractivity (Wildman–Crippen MR) is 129 cm³/mol. The molecule has 3 atom stereocenters. The number of carbonyl (C=O) groups excluding carboxylic acids is 2. The molecular weight excluding hydrogens is 420 g/mol. The Hall–Kier alpha value is -2.35. The quantitative estimate of drug-likeness (QED) is 0.676. The minimum Gasteiger partial charge on any atom is -0.340 e. The van der Waals surface area contributed by atoms with E-state index in [0.717, 1.165) is 38.5 Å². The zero-order valence-corrected chi connectivity index (χ0v) is 19.4. The third kappa shape index (κ3) is 6.12. The minimum atomic E-state index is -0.335. The van der Waals surface area contributed by atoms with E-state index in [1.807, 2.05) is 36.1 Å². The molecule has 2 aliphatic heterocycles. The van der Waals surface area contributed by atoms with Crippen LogP contribution in [0.1, 0.15) is 24.5 Å². The lowest BCUT2D eigenvalue weighted by molar-refractivity contribution is -0.139. The van der Waals surface area contributed by atoms with Crippen molar-refractivity contribution in [2.24, 2.45) is 5.92 Å². The van der Waals surface area contributed by atoms with E-state index in [-0.39, 0.29) is 35.7 Å². The highest BCUT2D eigenvalue weighted by Crippen LogP contribution is 2.23. The second kappa shape index (κ2) is 11.0. The molecule has 4 rings (SSSR count). The average Bonchev–Trinajstić information content (AvgIpc) is 2.82. The first-order valence-electron chi connectivity index (χ1n) is 11.3. The highest BCUT2D eigenvalue weighted by molar-refractivity contribution is 7.99. The van der Waals surface area contributed by atoms with E-state index in [4.69, 9.17) is 0 Å². The van der Waals surface area contributed by atoms with Crippen molar-refractivity contribution in [3.63, 3.8) is 0 Å². The number of nitrogens with one attached hydrogen (secondary N) is 2. The molecule has 6 nitrogen and oxygen atoms in total. The summed E-state index contributed by atoms with van der Waals surface area (Å²) in [6, 6.07) is 20.6. The van der Waals surface area contributed by atoms with Gasteiger partial charge in [-0.05, 0) is 18.1 Å². The highest BCUT2D eigenvalue weighted by Gasteiger charge is 2.36. The van der Waals surface area contributed by atoms with Crippen LogP contribution in [0, 0.1) is 5.92 Å². The maximum Gasteiger partial charge on any atom is 0.227 e. The molecule has 2 saturated heterocycles. The molecule has 0 aliphatic carbocycles. The lowest BCUT2D eigenvalue weighted by atomic mass is 9.94. The number of benzene rings is 2. The van der Waals surface area contributed by atoms with Gasteiger partial charge in [-0.3, -0.25) is 19.8 Å². The Kier molecular flexibility index (Phi) is 7.84. The Morgan fingerprint density at radius 2 is 1.59 bits per heavy atom. The van der Waals surface area contributed by atoms with E-state index in [1.165, 1.54) is 11.1 Å². The molecule has 170 valence electrons. The fraction of sp³-hybridized carbons (Fsp3) is 0.440. The Bertz CT molecular complexity index is 887. The second-order valence-corrected chi connectivity index (χ2v) is 9.69. The number of amides is 2. The monoisotopic (exact) mass is 452 g/mol. The van der Waals surface area contributed by atoms with Crippen LogP contribution in [0.25, 0.3) is 0 Å². The molecule has 0 aromatic heterocycles. The fourth-order valence-corrected chi connectivity index (χ4v) is 5.35. The van der Waals surface area contributed by atoms with Crippen LogP contribution >= 0.6 is 11.8 Å². The minimum absolute atomic E-state index is 0.0297. The molecule has 0 saturated carbocycles. The van der Waals surface area contributed by atoms with Crippen LogP contribution in [-0.2, 0) is 21.9 Å².